The Balaban J connectivity index is 1.53. The molecule has 0 aliphatic heterocycles. The Kier molecular flexibility index (Phi) is 6.33. The van der Waals surface area contributed by atoms with Gasteiger partial charge in [0.25, 0.3) is 0 Å². The Morgan fingerprint density at radius 1 is 0.970 bits per heavy atom. The van der Waals surface area contributed by atoms with Crippen molar-refractivity contribution in [3.63, 3.8) is 0 Å². The van der Waals surface area contributed by atoms with E-state index in [9.17, 15) is 0 Å². The second-order valence-electron chi connectivity index (χ2n) is 8.54. The van der Waals surface area contributed by atoms with Crippen LogP contribution in [0.3, 0.4) is 0 Å². The van der Waals surface area contributed by atoms with Gasteiger partial charge in [0, 0.05) is 24.6 Å². The minimum Gasteiger partial charge on any atom is -0.497 e. The van der Waals surface area contributed by atoms with Gasteiger partial charge in [0.1, 0.15) is 11.6 Å². The highest BCUT2D eigenvalue weighted by Gasteiger charge is 2.18. The van der Waals surface area contributed by atoms with Crippen molar-refractivity contribution in [2.75, 3.05) is 12.4 Å². The van der Waals surface area contributed by atoms with E-state index < -0.39 is 0 Å². The van der Waals surface area contributed by atoms with Crippen molar-refractivity contribution in [1.29, 1.82) is 0 Å². The van der Waals surface area contributed by atoms with Crippen LogP contribution in [0.25, 0.3) is 23.1 Å². The van der Waals surface area contributed by atoms with E-state index in [0.717, 1.165) is 33.7 Å². The summed E-state index contributed by atoms with van der Waals surface area (Å²) in [4.78, 5) is 8.84. The van der Waals surface area contributed by atoms with Crippen molar-refractivity contribution in [2.45, 2.75) is 44.7 Å². The number of pyridine rings is 2. The van der Waals surface area contributed by atoms with E-state index >= 15 is 0 Å². The smallest absolute Gasteiger partial charge is 0.137 e. The molecule has 1 aliphatic rings. The van der Waals surface area contributed by atoms with Crippen molar-refractivity contribution in [3.8, 4) is 5.75 Å². The maximum atomic E-state index is 5.30. The van der Waals surface area contributed by atoms with Gasteiger partial charge in [-0.15, -0.1) is 0 Å². The molecule has 1 aliphatic carbocycles. The second kappa shape index (κ2) is 9.86. The summed E-state index contributed by atoms with van der Waals surface area (Å²) in [6, 6.07) is 14.7. The Bertz CT molecular complexity index is 1220. The van der Waals surface area contributed by atoms with Gasteiger partial charge in [-0.05, 0) is 60.4 Å². The molecule has 0 unspecified atom stereocenters. The molecule has 3 aromatic heterocycles. The number of benzene rings is 1. The Hall–Kier alpha value is -3.67. The summed E-state index contributed by atoms with van der Waals surface area (Å²) >= 11 is 0. The molecule has 0 atom stereocenters. The van der Waals surface area contributed by atoms with E-state index in [4.69, 9.17) is 14.8 Å². The normalized spacial score (nSPS) is 14.7. The molecule has 33 heavy (non-hydrogen) atoms. The summed E-state index contributed by atoms with van der Waals surface area (Å²) in [5.41, 5.74) is 4.26. The summed E-state index contributed by atoms with van der Waals surface area (Å²) in [5.74, 6) is 1.78. The minimum absolute atomic E-state index is 0.471. The third-order valence-corrected chi connectivity index (χ3v) is 6.27. The maximum absolute atomic E-state index is 5.30. The molecule has 0 amide bonds. The largest absolute Gasteiger partial charge is 0.497 e. The van der Waals surface area contributed by atoms with Crippen LogP contribution in [-0.4, -0.2) is 32.9 Å². The zero-order chi connectivity index (χ0) is 22.5. The van der Waals surface area contributed by atoms with Gasteiger partial charge >= 0.3 is 0 Å². The number of hydrogen-bond acceptors (Lipinski definition) is 5. The van der Waals surface area contributed by atoms with Crippen LogP contribution in [0.15, 0.2) is 61.1 Å². The third kappa shape index (κ3) is 4.90. The molecule has 1 N–H and O–H groups in total. The number of nitrogens with zero attached hydrogens (tertiary/aromatic N) is 4. The molecule has 4 aromatic rings. The lowest BCUT2D eigenvalue weighted by Gasteiger charge is -2.23. The molecular formula is C27H29N5O. The van der Waals surface area contributed by atoms with E-state index in [1.165, 1.54) is 37.7 Å². The summed E-state index contributed by atoms with van der Waals surface area (Å²) in [6.07, 6.45) is 15.9. The van der Waals surface area contributed by atoms with Gasteiger partial charge in [0.05, 0.1) is 30.3 Å². The molecule has 0 saturated heterocycles. The van der Waals surface area contributed by atoms with E-state index in [1.54, 1.807) is 19.5 Å². The van der Waals surface area contributed by atoms with Crippen LogP contribution in [0.2, 0.25) is 0 Å². The minimum atomic E-state index is 0.471. The Morgan fingerprint density at radius 3 is 2.52 bits per heavy atom. The number of fused-ring (bicyclic) bond motifs is 1. The molecule has 5 rings (SSSR count). The highest BCUT2D eigenvalue weighted by atomic mass is 16.5. The predicted molar refractivity (Wildman–Crippen MR) is 133 cm³/mol. The highest BCUT2D eigenvalue weighted by molar-refractivity contribution is 5.97. The van der Waals surface area contributed by atoms with Gasteiger partial charge in [-0.1, -0.05) is 37.5 Å². The van der Waals surface area contributed by atoms with Gasteiger partial charge in [-0.2, -0.15) is 5.10 Å². The topological polar surface area (TPSA) is 64.9 Å². The number of rotatable bonds is 7. The Morgan fingerprint density at radius 2 is 1.76 bits per heavy atom. The van der Waals surface area contributed by atoms with Crippen LogP contribution in [-0.2, 0) is 6.54 Å². The molecule has 1 fully saturated rings. The molecule has 6 heteroatoms. The molecule has 1 saturated carbocycles. The molecule has 3 heterocycles. The lowest BCUT2D eigenvalue weighted by atomic mass is 9.95. The average molecular weight is 440 g/mol. The zero-order valence-corrected chi connectivity index (χ0v) is 18.9. The lowest BCUT2D eigenvalue weighted by Crippen LogP contribution is -2.22. The number of methoxy groups -OCH3 is 1. The van der Waals surface area contributed by atoms with E-state index in [2.05, 4.69) is 45.3 Å². The zero-order valence-electron chi connectivity index (χ0n) is 18.9. The quantitative estimate of drug-likeness (QED) is 0.394. The van der Waals surface area contributed by atoms with Gasteiger partial charge in [0.15, 0.2) is 0 Å². The Labute approximate surface area is 194 Å². The van der Waals surface area contributed by atoms with E-state index in [0.29, 0.717) is 12.6 Å². The first-order chi connectivity index (χ1) is 16.3. The molecule has 0 bridgehead atoms. The average Bonchev–Trinajstić information content (AvgIpc) is 3.23. The highest BCUT2D eigenvalue weighted by Crippen LogP contribution is 2.30. The fourth-order valence-corrected chi connectivity index (χ4v) is 4.49. The summed E-state index contributed by atoms with van der Waals surface area (Å²) in [7, 11) is 1.69. The van der Waals surface area contributed by atoms with Crippen molar-refractivity contribution in [3.05, 3.63) is 77.9 Å². The van der Waals surface area contributed by atoms with Crippen LogP contribution in [0.5, 0.6) is 5.75 Å². The fraction of sp³-hybridized carbons (Fsp3) is 0.296. The molecule has 0 radical (unpaired) electrons. The van der Waals surface area contributed by atoms with E-state index in [1.807, 2.05) is 30.5 Å². The first kappa shape index (κ1) is 21.2. The van der Waals surface area contributed by atoms with Gasteiger partial charge in [-0.25, -0.2) is 4.98 Å². The number of hydrogen-bond donors (Lipinski definition) is 1. The monoisotopic (exact) mass is 439 g/mol. The van der Waals surface area contributed by atoms with Gasteiger partial charge in [-0.3, -0.25) is 9.67 Å². The number of anilines is 1. The molecular weight excluding hydrogens is 410 g/mol. The van der Waals surface area contributed by atoms with Crippen LogP contribution in [0, 0.1) is 0 Å². The van der Waals surface area contributed by atoms with E-state index in [-0.39, 0.29) is 0 Å². The standard InChI is InChI=1S/C27H29N5O/c1-33-23-10-7-21(8-11-23)19-32-25-15-18-29-27(30-22-5-3-2-4-6-22)26(25)24(31-32)12-9-20-13-16-28-17-14-20/h7-18,22H,2-6,19H2,1H3,(H,29,30)/b12-9+. The maximum Gasteiger partial charge on any atom is 0.137 e. The third-order valence-electron chi connectivity index (χ3n) is 6.27. The SMILES string of the molecule is COc1ccc(Cn2nc(/C=C/c3ccncc3)c3c(NC4CCCCC4)nccc32)cc1. The summed E-state index contributed by atoms with van der Waals surface area (Å²) in [6.45, 7) is 0.677. The summed E-state index contributed by atoms with van der Waals surface area (Å²) in [5, 5.41) is 9.80. The van der Waals surface area contributed by atoms with Crippen molar-refractivity contribution in [1.82, 2.24) is 19.7 Å². The fourth-order valence-electron chi connectivity index (χ4n) is 4.49. The first-order valence-electron chi connectivity index (χ1n) is 11.6. The van der Waals surface area contributed by atoms with Crippen LogP contribution in [0.4, 0.5) is 5.82 Å². The molecule has 168 valence electrons. The number of aromatic nitrogens is 4. The van der Waals surface area contributed by atoms with Crippen molar-refractivity contribution >= 4 is 28.9 Å². The molecule has 6 nitrogen and oxygen atoms in total. The van der Waals surface area contributed by atoms with Crippen LogP contribution < -0.4 is 10.1 Å². The van der Waals surface area contributed by atoms with Crippen molar-refractivity contribution < 1.29 is 4.74 Å². The molecule has 1 aromatic carbocycles. The van der Waals surface area contributed by atoms with Crippen LogP contribution >= 0.6 is 0 Å². The number of ether oxygens (including phenoxy) is 1. The summed E-state index contributed by atoms with van der Waals surface area (Å²) < 4.78 is 7.37. The van der Waals surface area contributed by atoms with Gasteiger partial charge in [0.2, 0.25) is 0 Å². The first-order valence-corrected chi connectivity index (χ1v) is 11.6. The molecule has 0 spiro atoms. The van der Waals surface area contributed by atoms with Crippen LogP contribution in [0.1, 0.15) is 48.9 Å². The van der Waals surface area contributed by atoms with Crippen molar-refractivity contribution in [2.24, 2.45) is 0 Å². The predicted octanol–water partition coefficient (Wildman–Crippen LogP) is 5.80. The number of nitrogens with one attached hydrogen (secondary N) is 1. The second-order valence-corrected chi connectivity index (χ2v) is 8.54. The lowest BCUT2D eigenvalue weighted by molar-refractivity contribution is 0.414. The van der Waals surface area contributed by atoms with Gasteiger partial charge < -0.3 is 10.1 Å².